The topological polar surface area (TPSA) is 9.23 Å². The molecule has 106 valence electrons. The van der Waals surface area contributed by atoms with Gasteiger partial charge in [0.15, 0.2) is 0 Å². The summed E-state index contributed by atoms with van der Waals surface area (Å²) < 4.78 is 5.86. The highest BCUT2D eigenvalue weighted by Crippen LogP contribution is 2.25. The molecule has 1 heteroatoms. The Morgan fingerprint density at radius 3 is 2.30 bits per heavy atom. The van der Waals surface area contributed by atoms with E-state index in [0.717, 1.165) is 5.75 Å². The minimum absolute atomic E-state index is 0.652. The molecular formula is C19H24O. The number of ether oxygens (including phenoxy) is 1. The van der Waals surface area contributed by atoms with Crippen molar-refractivity contribution >= 4 is 0 Å². The van der Waals surface area contributed by atoms with Crippen molar-refractivity contribution in [3.05, 3.63) is 65.2 Å². The highest BCUT2D eigenvalue weighted by molar-refractivity contribution is 5.37. The van der Waals surface area contributed by atoms with Gasteiger partial charge in [-0.1, -0.05) is 50.2 Å². The third-order valence-electron chi connectivity index (χ3n) is 3.57. The molecule has 1 nitrogen and oxygen atoms in total. The van der Waals surface area contributed by atoms with E-state index in [1.807, 2.05) is 32.0 Å². The third kappa shape index (κ3) is 3.86. The second-order valence-corrected chi connectivity index (χ2v) is 4.91. The quantitative estimate of drug-likeness (QED) is 0.746. The predicted octanol–water partition coefficient (Wildman–Crippen LogP) is 5.17. The molecule has 0 saturated heterocycles. The number of rotatable bonds is 3. The zero-order valence-electron chi connectivity index (χ0n) is 12.6. The summed E-state index contributed by atoms with van der Waals surface area (Å²) in [4.78, 5) is 0. The number of fused-ring (bicyclic) bond motifs is 1. The number of hydrogen-bond acceptors (Lipinski definition) is 1. The van der Waals surface area contributed by atoms with Gasteiger partial charge in [-0.2, -0.15) is 0 Å². The Morgan fingerprint density at radius 2 is 1.55 bits per heavy atom. The largest absolute Gasteiger partial charge is 0.489 e. The molecule has 1 aliphatic carbocycles. The Bertz CT molecular complexity index is 517. The molecule has 0 N–H and O–H groups in total. The number of hydrogen-bond donors (Lipinski definition) is 0. The van der Waals surface area contributed by atoms with Gasteiger partial charge in [-0.3, -0.25) is 0 Å². The van der Waals surface area contributed by atoms with Crippen LogP contribution in [0.25, 0.3) is 0 Å². The van der Waals surface area contributed by atoms with E-state index in [-0.39, 0.29) is 0 Å². The lowest BCUT2D eigenvalue weighted by Gasteiger charge is -2.16. The van der Waals surface area contributed by atoms with Gasteiger partial charge in [0.1, 0.15) is 12.4 Å². The normalized spacial score (nSPS) is 12.9. The maximum Gasteiger partial charge on any atom is 0.120 e. The zero-order valence-corrected chi connectivity index (χ0v) is 12.6. The molecule has 1 aliphatic rings. The monoisotopic (exact) mass is 268 g/mol. The Balaban J connectivity index is 0.000000704. The van der Waals surface area contributed by atoms with Crippen molar-refractivity contribution in [3.8, 4) is 5.75 Å². The van der Waals surface area contributed by atoms with Gasteiger partial charge in [0.25, 0.3) is 0 Å². The molecule has 2 aromatic rings. The Labute approximate surface area is 122 Å². The second kappa shape index (κ2) is 7.74. The number of aryl methyl sites for hydroxylation is 2. The van der Waals surface area contributed by atoms with Crippen LogP contribution in [0.5, 0.6) is 5.75 Å². The van der Waals surface area contributed by atoms with Gasteiger partial charge in [0.2, 0.25) is 0 Å². The average Bonchev–Trinajstić information content (AvgIpc) is 2.55. The van der Waals surface area contributed by atoms with Crippen molar-refractivity contribution in [2.24, 2.45) is 0 Å². The first-order chi connectivity index (χ1) is 9.92. The highest BCUT2D eigenvalue weighted by Gasteiger charge is 2.09. The fourth-order valence-electron chi connectivity index (χ4n) is 2.54. The minimum atomic E-state index is 0.652. The maximum absolute atomic E-state index is 5.86. The van der Waals surface area contributed by atoms with Gasteiger partial charge in [-0.05, 0) is 54.5 Å². The summed E-state index contributed by atoms with van der Waals surface area (Å²) >= 11 is 0. The van der Waals surface area contributed by atoms with Crippen LogP contribution in [0.2, 0.25) is 0 Å². The molecule has 0 unspecified atom stereocenters. The summed E-state index contributed by atoms with van der Waals surface area (Å²) in [5, 5.41) is 0. The Kier molecular flexibility index (Phi) is 5.67. The van der Waals surface area contributed by atoms with E-state index in [1.54, 1.807) is 0 Å². The van der Waals surface area contributed by atoms with Crippen LogP contribution < -0.4 is 4.74 Å². The van der Waals surface area contributed by atoms with Crippen molar-refractivity contribution < 1.29 is 4.74 Å². The summed E-state index contributed by atoms with van der Waals surface area (Å²) in [5.74, 6) is 1.000. The van der Waals surface area contributed by atoms with Crippen molar-refractivity contribution in [2.75, 3.05) is 0 Å². The fraction of sp³-hybridized carbons (Fsp3) is 0.368. The van der Waals surface area contributed by atoms with Crippen LogP contribution in [0.3, 0.4) is 0 Å². The van der Waals surface area contributed by atoms with Gasteiger partial charge < -0.3 is 4.74 Å². The van der Waals surface area contributed by atoms with E-state index < -0.39 is 0 Å². The van der Waals surface area contributed by atoms with E-state index in [1.165, 1.54) is 42.4 Å². The van der Waals surface area contributed by atoms with Crippen molar-refractivity contribution in [2.45, 2.75) is 46.1 Å². The summed E-state index contributed by atoms with van der Waals surface area (Å²) in [6.07, 6.45) is 5.08. The van der Waals surface area contributed by atoms with Gasteiger partial charge in [-0.15, -0.1) is 0 Å². The zero-order chi connectivity index (χ0) is 14.2. The molecule has 0 heterocycles. The molecule has 2 aromatic carbocycles. The van der Waals surface area contributed by atoms with Gasteiger partial charge in [-0.25, -0.2) is 0 Å². The van der Waals surface area contributed by atoms with E-state index in [0.29, 0.717) is 6.61 Å². The van der Waals surface area contributed by atoms with Crippen LogP contribution in [0.1, 0.15) is 43.4 Å². The minimum Gasteiger partial charge on any atom is -0.489 e. The molecule has 0 bridgehead atoms. The molecule has 0 aliphatic heterocycles. The first kappa shape index (κ1) is 14.6. The highest BCUT2D eigenvalue weighted by atomic mass is 16.5. The van der Waals surface area contributed by atoms with Crippen molar-refractivity contribution in [1.29, 1.82) is 0 Å². The molecule has 0 amide bonds. The lowest BCUT2D eigenvalue weighted by atomic mass is 9.92. The molecule has 0 atom stereocenters. The van der Waals surface area contributed by atoms with E-state index >= 15 is 0 Å². The van der Waals surface area contributed by atoms with E-state index in [2.05, 4.69) is 30.3 Å². The van der Waals surface area contributed by atoms with Crippen LogP contribution in [-0.2, 0) is 19.4 Å². The first-order valence-electron chi connectivity index (χ1n) is 7.70. The van der Waals surface area contributed by atoms with Crippen LogP contribution in [-0.4, -0.2) is 0 Å². The first-order valence-corrected chi connectivity index (χ1v) is 7.70. The predicted molar refractivity (Wildman–Crippen MR) is 85.2 cm³/mol. The fourth-order valence-corrected chi connectivity index (χ4v) is 2.54. The molecule has 3 rings (SSSR count). The van der Waals surface area contributed by atoms with Gasteiger partial charge in [0, 0.05) is 0 Å². The Morgan fingerprint density at radius 1 is 0.850 bits per heavy atom. The SMILES string of the molecule is CC.c1ccc(COc2ccc3c(c2)CCCC3)cc1. The third-order valence-corrected chi connectivity index (χ3v) is 3.57. The molecule has 0 saturated carbocycles. The van der Waals surface area contributed by atoms with Crippen molar-refractivity contribution in [1.82, 2.24) is 0 Å². The van der Waals surface area contributed by atoms with Crippen LogP contribution in [0.4, 0.5) is 0 Å². The van der Waals surface area contributed by atoms with E-state index in [9.17, 15) is 0 Å². The molecule has 0 aromatic heterocycles. The molecule has 20 heavy (non-hydrogen) atoms. The maximum atomic E-state index is 5.86. The summed E-state index contributed by atoms with van der Waals surface area (Å²) in [5.41, 5.74) is 4.20. The smallest absolute Gasteiger partial charge is 0.120 e. The Hall–Kier alpha value is -1.76. The molecule has 0 radical (unpaired) electrons. The molecular weight excluding hydrogens is 244 g/mol. The van der Waals surface area contributed by atoms with Crippen molar-refractivity contribution in [3.63, 3.8) is 0 Å². The lowest BCUT2D eigenvalue weighted by molar-refractivity contribution is 0.305. The second-order valence-electron chi connectivity index (χ2n) is 4.91. The molecule has 0 spiro atoms. The lowest BCUT2D eigenvalue weighted by Crippen LogP contribution is -2.03. The number of benzene rings is 2. The van der Waals surface area contributed by atoms with E-state index in [4.69, 9.17) is 4.74 Å². The average molecular weight is 268 g/mol. The van der Waals surface area contributed by atoms with Crippen LogP contribution >= 0.6 is 0 Å². The van der Waals surface area contributed by atoms with Gasteiger partial charge >= 0.3 is 0 Å². The van der Waals surface area contributed by atoms with Gasteiger partial charge in [0.05, 0.1) is 0 Å². The standard InChI is InChI=1S/C17H18O.C2H6/c1-2-6-14(7-3-1)13-18-17-11-10-15-8-4-5-9-16(15)12-17;1-2/h1-3,6-7,10-12H,4-5,8-9,13H2;1-2H3. The van der Waals surface area contributed by atoms with Crippen LogP contribution in [0.15, 0.2) is 48.5 Å². The summed E-state index contributed by atoms with van der Waals surface area (Å²) in [6, 6.07) is 16.9. The summed E-state index contributed by atoms with van der Waals surface area (Å²) in [6.45, 7) is 4.65. The summed E-state index contributed by atoms with van der Waals surface area (Å²) in [7, 11) is 0. The molecule has 0 fully saturated rings. The van der Waals surface area contributed by atoms with Crippen LogP contribution in [0, 0.1) is 0 Å².